The average Bonchev–Trinajstić information content (AvgIpc) is 2.69. The molecule has 2 aromatic rings. The van der Waals surface area contributed by atoms with E-state index < -0.39 is 0 Å². The lowest BCUT2D eigenvalue weighted by atomic mass is 9.99. The van der Waals surface area contributed by atoms with Gasteiger partial charge in [0.1, 0.15) is 0 Å². The van der Waals surface area contributed by atoms with Crippen LogP contribution in [0, 0.1) is 12.8 Å². The standard InChI is InChI=1S/C24H32N2OS/c1-19-5-7-22(8-6-19)18-28-15-13-25-24(27)23-11-9-21(10-12-23)17-26-14-3-4-20(2)16-26/h5-12,20H,3-4,13-18H2,1-2H3,(H,25,27)/t20-/m1/s1. The van der Waals surface area contributed by atoms with Crippen LogP contribution in [0.4, 0.5) is 0 Å². The van der Waals surface area contributed by atoms with Crippen molar-refractivity contribution >= 4 is 17.7 Å². The SMILES string of the molecule is Cc1ccc(CSCCNC(=O)c2ccc(CN3CCC[C@@H](C)C3)cc2)cc1. The Morgan fingerprint density at radius 1 is 1.11 bits per heavy atom. The van der Waals surface area contributed by atoms with Crippen molar-refractivity contribution in [2.24, 2.45) is 5.92 Å². The maximum absolute atomic E-state index is 12.3. The van der Waals surface area contributed by atoms with Gasteiger partial charge in [0, 0.05) is 36.7 Å². The van der Waals surface area contributed by atoms with Gasteiger partial charge < -0.3 is 5.32 Å². The number of aryl methyl sites for hydroxylation is 1. The Morgan fingerprint density at radius 2 is 1.82 bits per heavy atom. The number of hydrogen-bond donors (Lipinski definition) is 1. The molecule has 1 N–H and O–H groups in total. The van der Waals surface area contributed by atoms with Crippen molar-refractivity contribution in [3.05, 3.63) is 70.8 Å². The molecule has 0 aliphatic carbocycles. The molecule has 1 aliphatic rings. The smallest absolute Gasteiger partial charge is 0.251 e. The lowest BCUT2D eigenvalue weighted by molar-refractivity contribution is 0.0956. The molecule has 150 valence electrons. The first-order chi connectivity index (χ1) is 13.6. The van der Waals surface area contributed by atoms with Crippen molar-refractivity contribution < 1.29 is 4.79 Å². The van der Waals surface area contributed by atoms with Gasteiger partial charge in [-0.2, -0.15) is 11.8 Å². The van der Waals surface area contributed by atoms with Gasteiger partial charge in [-0.25, -0.2) is 0 Å². The molecule has 28 heavy (non-hydrogen) atoms. The zero-order valence-corrected chi connectivity index (χ0v) is 17.9. The van der Waals surface area contributed by atoms with Crippen LogP contribution in [0.15, 0.2) is 48.5 Å². The lowest BCUT2D eigenvalue weighted by Gasteiger charge is -2.30. The Labute approximate surface area is 173 Å². The molecule has 2 aromatic carbocycles. The quantitative estimate of drug-likeness (QED) is 0.645. The normalized spacial score (nSPS) is 17.4. The molecular weight excluding hydrogens is 364 g/mol. The van der Waals surface area contributed by atoms with Gasteiger partial charge in [0.25, 0.3) is 5.91 Å². The number of hydrogen-bond acceptors (Lipinski definition) is 3. The molecule has 1 atom stereocenters. The first-order valence-corrected chi connectivity index (χ1v) is 11.5. The van der Waals surface area contributed by atoms with E-state index in [1.54, 1.807) is 0 Å². The van der Waals surface area contributed by atoms with Gasteiger partial charge in [0.2, 0.25) is 0 Å². The highest BCUT2D eigenvalue weighted by Gasteiger charge is 2.16. The molecule has 0 bridgehead atoms. The minimum Gasteiger partial charge on any atom is -0.351 e. The number of thioether (sulfide) groups is 1. The molecule has 0 aromatic heterocycles. The van der Waals surface area contributed by atoms with Crippen LogP contribution in [0.1, 0.15) is 46.8 Å². The van der Waals surface area contributed by atoms with Crippen LogP contribution < -0.4 is 5.32 Å². The van der Waals surface area contributed by atoms with Gasteiger partial charge in [0.15, 0.2) is 0 Å². The van der Waals surface area contributed by atoms with E-state index in [4.69, 9.17) is 0 Å². The Bertz CT molecular complexity index is 742. The molecule has 0 saturated carbocycles. The molecular formula is C24H32N2OS. The summed E-state index contributed by atoms with van der Waals surface area (Å²) in [5, 5.41) is 3.03. The summed E-state index contributed by atoms with van der Waals surface area (Å²) >= 11 is 1.85. The second-order valence-electron chi connectivity index (χ2n) is 7.97. The number of rotatable bonds is 8. The summed E-state index contributed by atoms with van der Waals surface area (Å²) in [6.45, 7) is 8.49. The number of nitrogens with one attached hydrogen (secondary N) is 1. The zero-order chi connectivity index (χ0) is 19.8. The third-order valence-electron chi connectivity index (χ3n) is 5.28. The summed E-state index contributed by atoms with van der Waals surface area (Å²) in [6, 6.07) is 16.7. The predicted molar refractivity (Wildman–Crippen MR) is 120 cm³/mol. The third-order valence-corrected chi connectivity index (χ3v) is 6.31. The molecule has 1 heterocycles. The minimum absolute atomic E-state index is 0.0223. The van der Waals surface area contributed by atoms with E-state index in [2.05, 4.69) is 60.5 Å². The van der Waals surface area contributed by atoms with Gasteiger partial charge in [-0.1, -0.05) is 48.9 Å². The summed E-state index contributed by atoms with van der Waals surface area (Å²) in [6.07, 6.45) is 2.64. The van der Waals surface area contributed by atoms with Crippen molar-refractivity contribution in [2.45, 2.75) is 39.0 Å². The summed E-state index contributed by atoms with van der Waals surface area (Å²) in [5.74, 6) is 2.72. The van der Waals surface area contributed by atoms with Crippen molar-refractivity contribution in [2.75, 3.05) is 25.4 Å². The highest BCUT2D eigenvalue weighted by atomic mass is 32.2. The predicted octanol–water partition coefficient (Wildman–Crippen LogP) is 4.89. The molecule has 4 heteroatoms. The van der Waals surface area contributed by atoms with E-state index in [-0.39, 0.29) is 5.91 Å². The Balaban J connectivity index is 1.36. The van der Waals surface area contributed by atoms with Gasteiger partial charge in [-0.05, 0) is 55.5 Å². The van der Waals surface area contributed by atoms with Crippen LogP contribution in [-0.4, -0.2) is 36.2 Å². The van der Waals surface area contributed by atoms with E-state index in [1.807, 2.05) is 23.9 Å². The maximum Gasteiger partial charge on any atom is 0.251 e. The van der Waals surface area contributed by atoms with Crippen LogP contribution in [0.3, 0.4) is 0 Å². The fourth-order valence-corrected chi connectivity index (χ4v) is 4.48. The Hall–Kier alpha value is -1.78. The van der Waals surface area contributed by atoms with E-state index in [1.165, 1.54) is 42.6 Å². The zero-order valence-electron chi connectivity index (χ0n) is 17.1. The number of amides is 1. The number of carbonyl (C=O) groups is 1. The first kappa shape index (κ1) is 20.9. The Kier molecular flexibility index (Phi) is 7.99. The van der Waals surface area contributed by atoms with Crippen LogP contribution in [0.5, 0.6) is 0 Å². The highest BCUT2D eigenvalue weighted by Crippen LogP contribution is 2.18. The van der Waals surface area contributed by atoms with Gasteiger partial charge in [-0.3, -0.25) is 9.69 Å². The number of benzene rings is 2. The monoisotopic (exact) mass is 396 g/mol. The van der Waals surface area contributed by atoms with E-state index in [0.717, 1.165) is 29.5 Å². The van der Waals surface area contributed by atoms with Crippen LogP contribution in [-0.2, 0) is 12.3 Å². The number of carbonyl (C=O) groups excluding carboxylic acids is 1. The number of piperidine rings is 1. The van der Waals surface area contributed by atoms with E-state index >= 15 is 0 Å². The van der Waals surface area contributed by atoms with Crippen molar-refractivity contribution in [1.29, 1.82) is 0 Å². The van der Waals surface area contributed by atoms with Crippen molar-refractivity contribution in [3.8, 4) is 0 Å². The average molecular weight is 397 g/mol. The second kappa shape index (κ2) is 10.7. The highest BCUT2D eigenvalue weighted by molar-refractivity contribution is 7.98. The number of nitrogens with zero attached hydrogens (tertiary/aromatic N) is 1. The molecule has 0 radical (unpaired) electrons. The largest absolute Gasteiger partial charge is 0.351 e. The van der Waals surface area contributed by atoms with Gasteiger partial charge >= 0.3 is 0 Å². The van der Waals surface area contributed by atoms with E-state index in [9.17, 15) is 4.79 Å². The fraction of sp³-hybridized carbons (Fsp3) is 0.458. The molecule has 3 rings (SSSR count). The summed E-state index contributed by atoms with van der Waals surface area (Å²) in [5.41, 5.74) is 4.66. The van der Waals surface area contributed by atoms with Crippen molar-refractivity contribution in [1.82, 2.24) is 10.2 Å². The molecule has 1 amide bonds. The molecule has 0 spiro atoms. The van der Waals surface area contributed by atoms with E-state index in [0.29, 0.717) is 6.54 Å². The lowest BCUT2D eigenvalue weighted by Crippen LogP contribution is -2.33. The summed E-state index contributed by atoms with van der Waals surface area (Å²) in [7, 11) is 0. The first-order valence-electron chi connectivity index (χ1n) is 10.3. The van der Waals surface area contributed by atoms with Gasteiger partial charge in [0.05, 0.1) is 0 Å². The maximum atomic E-state index is 12.3. The molecule has 1 fully saturated rings. The third kappa shape index (κ3) is 6.68. The summed E-state index contributed by atoms with van der Waals surface area (Å²) < 4.78 is 0. The summed E-state index contributed by atoms with van der Waals surface area (Å²) in [4.78, 5) is 14.9. The minimum atomic E-state index is 0.0223. The second-order valence-corrected chi connectivity index (χ2v) is 9.08. The van der Waals surface area contributed by atoms with Crippen LogP contribution in [0.25, 0.3) is 0 Å². The Morgan fingerprint density at radius 3 is 2.54 bits per heavy atom. The molecule has 0 unspecified atom stereocenters. The van der Waals surface area contributed by atoms with Crippen molar-refractivity contribution in [3.63, 3.8) is 0 Å². The fourth-order valence-electron chi connectivity index (χ4n) is 3.66. The molecule has 3 nitrogen and oxygen atoms in total. The topological polar surface area (TPSA) is 32.3 Å². The number of likely N-dealkylation sites (tertiary alicyclic amines) is 1. The van der Waals surface area contributed by atoms with Crippen LogP contribution >= 0.6 is 11.8 Å². The molecule has 1 saturated heterocycles. The molecule has 1 aliphatic heterocycles. The van der Waals surface area contributed by atoms with Crippen LogP contribution in [0.2, 0.25) is 0 Å². The van der Waals surface area contributed by atoms with Gasteiger partial charge in [-0.15, -0.1) is 0 Å².